The van der Waals surface area contributed by atoms with E-state index in [1.165, 1.54) is 6.07 Å². The van der Waals surface area contributed by atoms with Crippen molar-refractivity contribution in [1.29, 1.82) is 0 Å². The number of aromatic nitrogens is 2. The van der Waals surface area contributed by atoms with Crippen LogP contribution in [0.1, 0.15) is 12.1 Å². The van der Waals surface area contributed by atoms with Gasteiger partial charge in [0.25, 0.3) is 0 Å². The molecule has 0 radical (unpaired) electrons. The van der Waals surface area contributed by atoms with Gasteiger partial charge >= 0.3 is 6.55 Å². The smallest absolute Gasteiger partial charge is 0.333 e. The molecule has 4 N–H and O–H groups in total. The summed E-state index contributed by atoms with van der Waals surface area (Å²) in [5, 5.41) is 20.7. The number of sulfonamides is 1. The Morgan fingerprint density at radius 3 is 2.64 bits per heavy atom. The minimum atomic E-state index is -4.33. The second kappa shape index (κ2) is 7.13. The van der Waals surface area contributed by atoms with Gasteiger partial charge in [-0.15, -0.1) is 0 Å². The Morgan fingerprint density at radius 1 is 1.29 bits per heavy atom. The van der Waals surface area contributed by atoms with Crippen LogP contribution in [0.3, 0.4) is 0 Å². The molecule has 8 nitrogen and oxygen atoms in total. The van der Waals surface area contributed by atoms with E-state index in [0.717, 1.165) is 30.5 Å². The maximum Gasteiger partial charge on any atom is 0.333 e. The number of nitrogens with zero attached hydrogens (tertiary/aromatic N) is 2. The molecule has 3 rings (SSSR count). The predicted octanol–water partition coefficient (Wildman–Crippen LogP) is 2.10. The zero-order valence-electron chi connectivity index (χ0n) is 13.9. The highest BCUT2D eigenvalue weighted by molar-refractivity contribution is 7.89. The maximum absolute atomic E-state index is 13.3. The fraction of sp³-hybridized carbons (Fsp3) is 0.125. The van der Waals surface area contributed by atoms with Gasteiger partial charge in [0.15, 0.2) is 0 Å². The molecule has 1 heterocycles. The first-order valence-corrected chi connectivity index (χ1v) is 9.20. The third-order valence-corrected chi connectivity index (χ3v) is 4.70. The Kier molecular flexibility index (Phi) is 5.00. The lowest BCUT2D eigenvalue weighted by Crippen LogP contribution is -2.17. The van der Waals surface area contributed by atoms with Crippen molar-refractivity contribution in [3.8, 4) is 5.75 Å². The molecule has 0 fully saturated rings. The first kappa shape index (κ1) is 19.6. The van der Waals surface area contributed by atoms with E-state index in [1.807, 2.05) is 0 Å². The molecule has 2 aromatic carbocycles. The van der Waals surface area contributed by atoms with Gasteiger partial charge in [-0.25, -0.2) is 22.6 Å². The SMILES string of the molecule is NS(=O)(=O)c1cc(NC(=O)Cc2cc(F)ccc2O)cc2cn(C(F)F)nc12. The average molecular weight is 414 g/mol. The molecule has 28 heavy (non-hydrogen) atoms. The molecular weight excluding hydrogens is 401 g/mol. The normalized spacial score (nSPS) is 11.9. The molecule has 0 aliphatic carbocycles. The summed E-state index contributed by atoms with van der Waals surface area (Å²) in [7, 11) is -4.33. The van der Waals surface area contributed by atoms with Gasteiger partial charge in [0.2, 0.25) is 15.9 Å². The summed E-state index contributed by atoms with van der Waals surface area (Å²) >= 11 is 0. The van der Waals surface area contributed by atoms with Gasteiger partial charge in [0.05, 0.1) is 6.42 Å². The van der Waals surface area contributed by atoms with Crippen molar-refractivity contribution >= 4 is 32.5 Å². The summed E-state index contributed by atoms with van der Waals surface area (Å²) in [6.45, 7) is -3.00. The van der Waals surface area contributed by atoms with Crippen LogP contribution in [-0.4, -0.2) is 29.2 Å². The van der Waals surface area contributed by atoms with Crippen LogP contribution >= 0.6 is 0 Å². The topological polar surface area (TPSA) is 127 Å². The molecule has 0 saturated carbocycles. The van der Waals surface area contributed by atoms with Crippen LogP contribution < -0.4 is 10.5 Å². The number of primary sulfonamides is 1. The quantitative estimate of drug-likeness (QED) is 0.589. The Hall–Kier alpha value is -3.12. The van der Waals surface area contributed by atoms with Crippen molar-refractivity contribution in [2.24, 2.45) is 5.14 Å². The number of carbonyl (C=O) groups is 1. The van der Waals surface area contributed by atoms with E-state index in [2.05, 4.69) is 10.4 Å². The lowest BCUT2D eigenvalue weighted by Gasteiger charge is -2.09. The van der Waals surface area contributed by atoms with Crippen LogP contribution in [-0.2, 0) is 21.2 Å². The summed E-state index contributed by atoms with van der Waals surface area (Å²) in [6.07, 6.45) is 0.491. The molecule has 0 unspecified atom stereocenters. The van der Waals surface area contributed by atoms with Crippen molar-refractivity contribution in [2.45, 2.75) is 17.9 Å². The number of rotatable bonds is 5. The van der Waals surface area contributed by atoms with E-state index in [-0.39, 0.29) is 32.6 Å². The third-order valence-electron chi connectivity index (χ3n) is 3.77. The van der Waals surface area contributed by atoms with E-state index in [4.69, 9.17) is 5.14 Å². The van der Waals surface area contributed by atoms with E-state index >= 15 is 0 Å². The van der Waals surface area contributed by atoms with Gasteiger partial charge in [-0.2, -0.15) is 13.9 Å². The fourth-order valence-electron chi connectivity index (χ4n) is 2.58. The summed E-state index contributed by atoms with van der Waals surface area (Å²) in [5.74, 6) is -1.66. The molecule has 3 aromatic rings. The Morgan fingerprint density at radius 2 is 2.00 bits per heavy atom. The second-order valence-corrected chi connectivity index (χ2v) is 7.37. The third kappa shape index (κ3) is 4.07. The predicted molar refractivity (Wildman–Crippen MR) is 92.8 cm³/mol. The molecule has 1 aromatic heterocycles. The van der Waals surface area contributed by atoms with Crippen molar-refractivity contribution in [3.63, 3.8) is 0 Å². The number of anilines is 1. The largest absolute Gasteiger partial charge is 0.508 e. The van der Waals surface area contributed by atoms with E-state index in [9.17, 15) is 31.5 Å². The summed E-state index contributed by atoms with van der Waals surface area (Å²) < 4.78 is 62.8. The number of halogens is 3. The molecule has 12 heteroatoms. The Labute approximate surface area is 156 Å². The zero-order chi connectivity index (χ0) is 20.6. The van der Waals surface area contributed by atoms with Gasteiger partial charge < -0.3 is 10.4 Å². The number of nitrogens with two attached hydrogens (primary N) is 1. The van der Waals surface area contributed by atoms with Gasteiger partial charge in [0.1, 0.15) is 22.0 Å². The molecule has 148 valence electrons. The number of alkyl halides is 2. The monoisotopic (exact) mass is 414 g/mol. The molecule has 0 spiro atoms. The van der Waals surface area contributed by atoms with Crippen LogP contribution in [0, 0.1) is 5.82 Å². The van der Waals surface area contributed by atoms with Gasteiger partial charge in [0, 0.05) is 22.8 Å². The number of phenolic OH excluding ortho intramolecular Hbond substituents is 1. The number of aromatic hydroxyl groups is 1. The van der Waals surface area contributed by atoms with Crippen LogP contribution in [0.4, 0.5) is 18.9 Å². The van der Waals surface area contributed by atoms with E-state index in [0.29, 0.717) is 0 Å². The first-order valence-electron chi connectivity index (χ1n) is 7.65. The summed E-state index contributed by atoms with van der Waals surface area (Å²) in [5.41, 5.74) is -0.314. The zero-order valence-corrected chi connectivity index (χ0v) is 14.8. The number of carbonyl (C=O) groups excluding carboxylic acids is 1. The first-order chi connectivity index (χ1) is 13.0. The Balaban J connectivity index is 1.96. The van der Waals surface area contributed by atoms with Crippen LogP contribution in [0.2, 0.25) is 0 Å². The standard InChI is InChI=1S/C16H13F3N4O4S/c17-10-1-2-12(24)8(3-10)5-14(25)21-11-4-9-7-23(16(18)19)22-15(9)13(6-11)28(20,26)27/h1-4,6-7,16,24H,5H2,(H,21,25)(H2,20,26,27). The number of benzene rings is 2. The van der Waals surface area contributed by atoms with Gasteiger partial charge in [-0.3, -0.25) is 4.79 Å². The molecule has 0 bridgehead atoms. The number of hydrogen-bond acceptors (Lipinski definition) is 5. The minimum absolute atomic E-state index is 0.00993. The summed E-state index contributed by atoms with van der Waals surface area (Å²) in [4.78, 5) is 11.6. The Bertz CT molecular complexity index is 1180. The number of hydrogen-bond donors (Lipinski definition) is 3. The highest BCUT2D eigenvalue weighted by Gasteiger charge is 2.20. The van der Waals surface area contributed by atoms with Crippen molar-refractivity contribution in [2.75, 3.05) is 5.32 Å². The molecular formula is C16H13F3N4O4S. The number of amides is 1. The van der Waals surface area contributed by atoms with Crippen LogP contribution in [0.15, 0.2) is 41.4 Å². The van der Waals surface area contributed by atoms with E-state index in [1.54, 1.807) is 0 Å². The average Bonchev–Trinajstić information content (AvgIpc) is 3.00. The minimum Gasteiger partial charge on any atom is -0.508 e. The second-order valence-electron chi connectivity index (χ2n) is 5.84. The molecule has 0 saturated heterocycles. The highest BCUT2D eigenvalue weighted by atomic mass is 32.2. The van der Waals surface area contributed by atoms with E-state index < -0.39 is 39.6 Å². The molecule has 0 atom stereocenters. The molecule has 0 aliphatic heterocycles. The van der Waals surface area contributed by atoms with Crippen molar-refractivity contribution in [1.82, 2.24) is 9.78 Å². The lowest BCUT2D eigenvalue weighted by molar-refractivity contribution is -0.115. The number of phenols is 1. The van der Waals surface area contributed by atoms with Crippen molar-refractivity contribution < 1.29 is 31.5 Å². The van der Waals surface area contributed by atoms with Gasteiger partial charge in [-0.05, 0) is 30.3 Å². The molecule has 1 amide bonds. The van der Waals surface area contributed by atoms with Gasteiger partial charge in [-0.1, -0.05) is 0 Å². The molecule has 0 aliphatic rings. The lowest BCUT2D eigenvalue weighted by atomic mass is 10.1. The fourth-order valence-corrected chi connectivity index (χ4v) is 3.30. The number of nitrogens with one attached hydrogen (secondary N) is 1. The summed E-state index contributed by atoms with van der Waals surface area (Å²) in [6, 6.07) is 5.29. The maximum atomic E-state index is 13.3. The van der Waals surface area contributed by atoms with Crippen LogP contribution in [0.5, 0.6) is 5.75 Å². The number of fused-ring (bicyclic) bond motifs is 1. The highest BCUT2D eigenvalue weighted by Crippen LogP contribution is 2.28. The van der Waals surface area contributed by atoms with Crippen LogP contribution in [0.25, 0.3) is 10.9 Å². The van der Waals surface area contributed by atoms with Crippen molar-refractivity contribution in [3.05, 3.63) is 47.9 Å².